The fraction of sp³-hybridized carbons (Fsp3) is 0.429. The van der Waals surface area contributed by atoms with Gasteiger partial charge in [0.2, 0.25) is 0 Å². The zero-order valence-electron chi connectivity index (χ0n) is 21.6. The van der Waals surface area contributed by atoms with Gasteiger partial charge in [-0.25, -0.2) is 9.59 Å². The van der Waals surface area contributed by atoms with Crippen molar-refractivity contribution < 1.29 is 23.5 Å². The Morgan fingerprint density at radius 1 is 1.00 bits per heavy atom. The van der Waals surface area contributed by atoms with Gasteiger partial charge in [0.05, 0.1) is 19.3 Å². The maximum Gasteiger partial charge on any atom is 0.414 e. The molecule has 1 aliphatic heterocycles. The molecule has 2 atom stereocenters. The van der Waals surface area contributed by atoms with E-state index in [1.807, 2.05) is 60.7 Å². The molecule has 1 saturated heterocycles. The summed E-state index contributed by atoms with van der Waals surface area (Å²) in [4.78, 5) is 27.3. The van der Waals surface area contributed by atoms with Crippen molar-refractivity contribution >= 4 is 20.4 Å². The minimum absolute atomic E-state index is 0.00222. The molecule has 0 spiro atoms. The van der Waals surface area contributed by atoms with Crippen LogP contribution in [-0.4, -0.2) is 44.5 Å². The molecule has 0 radical (unpaired) electrons. The van der Waals surface area contributed by atoms with Crippen LogP contribution >= 0.6 is 0 Å². The molecule has 188 valence electrons. The summed E-state index contributed by atoms with van der Waals surface area (Å²) < 4.78 is 17.4. The minimum atomic E-state index is -2.16. The van der Waals surface area contributed by atoms with Gasteiger partial charge in [-0.1, -0.05) is 81.4 Å². The average molecular weight is 496 g/mol. The number of hydrogen-bond acceptors (Lipinski definition) is 5. The Labute approximate surface area is 210 Å². The van der Waals surface area contributed by atoms with E-state index in [1.165, 1.54) is 13.2 Å². The molecular weight excluding hydrogens is 458 g/mol. The highest BCUT2D eigenvalue weighted by Gasteiger charge is 2.47. The zero-order chi connectivity index (χ0) is 25.6. The third-order valence-corrected chi connectivity index (χ3v) is 11.4. The van der Waals surface area contributed by atoms with Gasteiger partial charge in [0, 0.05) is 18.2 Å². The summed E-state index contributed by atoms with van der Waals surface area (Å²) in [6.45, 7) is 11.1. The molecule has 35 heavy (non-hydrogen) atoms. The quantitative estimate of drug-likeness (QED) is 0.264. The van der Waals surface area contributed by atoms with Crippen LogP contribution in [0, 0.1) is 0 Å². The van der Waals surface area contributed by atoms with Gasteiger partial charge in [-0.15, -0.1) is 0 Å². The molecule has 2 aromatic carbocycles. The number of likely N-dealkylation sites (tertiary alicyclic amines) is 1. The van der Waals surface area contributed by atoms with Gasteiger partial charge in [-0.2, -0.15) is 0 Å². The lowest BCUT2D eigenvalue weighted by Gasteiger charge is -2.40. The van der Waals surface area contributed by atoms with Crippen LogP contribution in [0.25, 0.3) is 0 Å². The van der Waals surface area contributed by atoms with Gasteiger partial charge in [0.1, 0.15) is 6.61 Å². The van der Waals surface area contributed by atoms with E-state index in [0.29, 0.717) is 18.5 Å². The number of esters is 1. The number of hydrogen-bond donors (Lipinski definition) is 0. The van der Waals surface area contributed by atoms with Crippen molar-refractivity contribution in [3.05, 3.63) is 83.6 Å². The summed E-state index contributed by atoms with van der Waals surface area (Å²) in [5, 5.41) is -0.00222. The third kappa shape index (κ3) is 6.83. The number of carbonyl (C=O) groups is 2. The molecule has 6 nitrogen and oxygen atoms in total. The lowest BCUT2D eigenvalue weighted by Crippen LogP contribution is -2.49. The maximum absolute atomic E-state index is 13.5. The first-order valence-corrected chi connectivity index (χ1v) is 14.9. The fourth-order valence-corrected chi connectivity index (χ4v) is 5.29. The van der Waals surface area contributed by atoms with Gasteiger partial charge >= 0.3 is 12.1 Å². The Morgan fingerprint density at radius 2 is 1.57 bits per heavy atom. The zero-order valence-corrected chi connectivity index (χ0v) is 22.6. The molecule has 0 saturated carbocycles. The number of benzene rings is 2. The van der Waals surface area contributed by atoms with Crippen LogP contribution in [0.15, 0.2) is 72.4 Å². The highest BCUT2D eigenvalue weighted by molar-refractivity contribution is 6.74. The molecule has 0 N–H and O–H groups in total. The second kappa shape index (κ2) is 11.2. The van der Waals surface area contributed by atoms with Crippen molar-refractivity contribution in [3.8, 4) is 0 Å². The lowest BCUT2D eigenvalue weighted by molar-refractivity contribution is -0.134. The summed E-state index contributed by atoms with van der Waals surface area (Å²) in [7, 11) is -0.834. The van der Waals surface area contributed by atoms with Crippen molar-refractivity contribution in [2.45, 2.75) is 70.5 Å². The summed E-state index contributed by atoms with van der Waals surface area (Å²) >= 11 is 0. The van der Waals surface area contributed by atoms with Gasteiger partial charge in [-0.3, -0.25) is 4.90 Å². The molecule has 1 heterocycles. The lowest BCUT2D eigenvalue weighted by atomic mass is 10.0. The first kappa shape index (κ1) is 26.7. The van der Waals surface area contributed by atoms with Crippen LogP contribution in [0.5, 0.6) is 0 Å². The molecule has 0 bridgehead atoms. The minimum Gasteiger partial charge on any atom is -0.466 e. The van der Waals surface area contributed by atoms with E-state index in [2.05, 4.69) is 33.9 Å². The maximum atomic E-state index is 13.5. The third-order valence-electron chi connectivity index (χ3n) is 6.91. The fourth-order valence-electron chi connectivity index (χ4n) is 3.94. The second-order valence-electron chi connectivity index (χ2n) is 10.4. The summed E-state index contributed by atoms with van der Waals surface area (Å²) in [6.07, 6.45) is 1.64. The number of nitrogens with zero attached hydrogens (tertiary/aromatic N) is 1. The van der Waals surface area contributed by atoms with Crippen molar-refractivity contribution in [3.63, 3.8) is 0 Å². The van der Waals surface area contributed by atoms with Crippen molar-refractivity contribution in [1.82, 2.24) is 4.90 Å². The van der Waals surface area contributed by atoms with Gasteiger partial charge < -0.3 is 13.9 Å². The average Bonchev–Trinajstić information content (AvgIpc) is 3.13. The molecule has 1 amide bonds. The number of amides is 1. The second-order valence-corrected chi connectivity index (χ2v) is 15.2. The van der Waals surface area contributed by atoms with Crippen LogP contribution in [0.3, 0.4) is 0 Å². The van der Waals surface area contributed by atoms with Crippen LogP contribution in [0.4, 0.5) is 4.79 Å². The Kier molecular flexibility index (Phi) is 8.56. The molecule has 2 aromatic rings. The molecule has 0 aromatic heterocycles. The van der Waals surface area contributed by atoms with Gasteiger partial charge in [-0.05, 0) is 35.7 Å². The predicted molar refractivity (Wildman–Crippen MR) is 139 cm³/mol. The summed E-state index contributed by atoms with van der Waals surface area (Å²) in [5.41, 5.74) is 2.54. The van der Waals surface area contributed by atoms with E-state index in [-0.39, 0.29) is 23.8 Å². The van der Waals surface area contributed by atoms with Gasteiger partial charge in [0.25, 0.3) is 0 Å². The number of methoxy groups -OCH3 is 1. The molecule has 2 unspecified atom stereocenters. The van der Waals surface area contributed by atoms with E-state index in [4.69, 9.17) is 13.9 Å². The van der Waals surface area contributed by atoms with Crippen molar-refractivity contribution in [1.29, 1.82) is 0 Å². The van der Waals surface area contributed by atoms with Crippen molar-refractivity contribution in [2.75, 3.05) is 7.11 Å². The Bertz CT molecular complexity index is 1030. The molecule has 1 fully saturated rings. The van der Waals surface area contributed by atoms with Crippen LogP contribution in [0.2, 0.25) is 18.1 Å². The molecule has 0 aliphatic carbocycles. The summed E-state index contributed by atoms with van der Waals surface area (Å²) in [6, 6.07) is 19.3. The van der Waals surface area contributed by atoms with E-state index in [9.17, 15) is 9.59 Å². The predicted octanol–water partition coefficient (Wildman–Crippen LogP) is 6.09. The van der Waals surface area contributed by atoms with Crippen molar-refractivity contribution in [2.24, 2.45) is 0 Å². The van der Waals surface area contributed by atoms with Crippen LogP contribution in [-0.2, 0) is 31.7 Å². The SMILES string of the molecule is COC(=O)/C=C1\CC(O[Si](C)(C)C(C)(C)C)C(Cc2ccccc2)N1C(=O)OCc1ccccc1. The summed E-state index contributed by atoms with van der Waals surface area (Å²) in [5.74, 6) is -0.507. The van der Waals surface area contributed by atoms with E-state index in [1.54, 1.807) is 4.90 Å². The monoisotopic (exact) mass is 495 g/mol. The first-order chi connectivity index (χ1) is 16.5. The highest BCUT2D eigenvalue weighted by atomic mass is 28.4. The Hall–Kier alpha value is -2.90. The van der Waals surface area contributed by atoms with Crippen LogP contribution < -0.4 is 0 Å². The van der Waals surface area contributed by atoms with Crippen LogP contribution in [0.1, 0.15) is 38.3 Å². The Morgan fingerprint density at radius 3 is 2.11 bits per heavy atom. The Balaban J connectivity index is 1.96. The molecule has 3 rings (SSSR count). The largest absolute Gasteiger partial charge is 0.466 e. The van der Waals surface area contributed by atoms with Gasteiger partial charge in [0.15, 0.2) is 8.32 Å². The normalized spacial score (nSPS) is 19.6. The topological polar surface area (TPSA) is 65.1 Å². The highest BCUT2D eigenvalue weighted by Crippen LogP contribution is 2.42. The number of ether oxygens (including phenoxy) is 2. The number of carbonyl (C=O) groups excluding carboxylic acids is 2. The molecule has 7 heteroatoms. The van der Waals surface area contributed by atoms with E-state index < -0.39 is 20.4 Å². The standard InChI is InChI=1S/C28H37NO5Si/c1-28(2,3)35(5,6)34-25-18-23(19-26(30)32-4)29(24(25)17-21-13-9-7-10-14-21)27(31)33-20-22-15-11-8-12-16-22/h7-16,19,24-25H,17-18,20H2,1-6H3/b23-19+. The molecular formula is C28H37NO5Si. The molecule has 1 aliphatic rings. The smallest absolute Gasteiger partial charge is 0.414 e. The number of rotatable bonds is 7. The first-order valence-electron chi connectivity index (χ1n) is 12.0. The van der Waals surface area contributed by atoms with E-state index >= 15 is 0 Å². The van der Waals surface area contributed by atoms with E-state index in [0.717, 1.165) is 11.1 Å².